The summed E-state index contributed by atoms with van der Waals surface area (Å²) in [4.78, 5) is 11.7. The second-order valence-electron chi connectivity index (χ2n) is 6.19. The van der Waals surface area contributed by atoms with Crippen molar-refractivity contribution >= 4 is 17.9 Å². The number of nitrogens with zero attached hydrogens (tertiary/aromatic N) is 1. The number of amides is 1. The Hall–Kier alpha value is -1.41. The number of alkyl halides is 3. The molecule has 23 heavy (non-hydrogen) atoms. The quantitative estimate of drug-likeness (QED) is 0.849. The number of rotatable bonds is 3. The fraction of sp³-hybridized carbons (Fsp3) is 0.533. The lowest BCUT2D eigenvalue weighted by molar-refractivity contribution is -0.307. The molecule has 2 atom stereocenters. The van der Waals surface area contributed by atoms with Crippen molar-refractivity contribution in [3.05, 3.63) is 35.9 Å². The van der Waals surface area contributed by atoms with E-state index in [4.69, 9.17) is 10.5 Å². The maximum Gasteiger partial charge on any atom is 0.464 e. The van der Waals surface area contributed by atoms with Gasteiger partial charge in [-0.1, -0.05) is 49.0 Å². The summed E-state index contributed by atoms with van der Waals surface area (Å²) in [5.74, 6) is 0.220. The molecule has 1 heterocycles. The maximum atomic E-state index is 13.9. The molecule has 1 aromatic rings. The number of halogens is 3. The first-order valence-electron chi connectivity index (χ1n) is 7.23. The molecule has 2 N–H and O–H groups in total. The maximum absolute atomic E-state index is 13.9. The van der Waals surface area contributed by atoms with E-state index in [9.17, 15) is 18.0 Å². The van der Waals surface area contributed by atoms with Crippen molar-refractivity contribution in [2.24, 2.45) is 11.1 Å². The number of carbonyl (C=O) groups excluding carboxylic acids is 1. The Morgan fingerprint density at radius 1 is 1.35 bits per heavy atom. The second kappa shape index (κ2) is 5.31. The van der Waals surface area contributed by atoms with Gasteiger partial charge in [0.1, 0.15) is 0 Å². The molecule has 8 heteroatoms. The van der Waals surface area contributed by atoms with Crippen LogP contribution in [0.15, 0.2) is 30.3 Å². The van der Waals surface area contributed by atoms with E-state index in [0.717, 1.165) is 24.6 Å². The normalized spacial score (nSPS) is 30.2. The first kappa shape index (κ1) is 16.4. The zero-order chi connectivity index (χ0) is 16.9. The molecule has 2 aliphatic rings. The summed E-state index contributed by atoms with van der Waals surface area (Å²) in [5.41, 5.74) is 4.94. The van der Waals surface area contributed by atoms with Gasteiger partial charge in [0.2, 0.25) is 5.06 Å². The van der Waals surface area contributed by atoms with Gasteiger partial charge in [0, 0.05) is 17.4 Å². The highest BCUT2D eigenvalue weighted by molar-refractivity contribution is 8.00. The number of carbonyl (C=O) groups is 1. The van der Waals surface area contributed by atoms with E-state index in [1.54, 1.807) is 18.2 Å². The largest absolute Gasteiger partial charge is 0.464 e. The second-order valence-corrected chi connectivity index (χ2v) is 7.36. The van der Waals surface area contributed by atoms with Crippen LogP contribution in [0.4, 0.5) is 18.0 Å². The standard InChI is InChI=1S/C15H17F3N2O2S/c1-13(7-8-13)11-9-23-14(22-12(19)21,20(11)15(16,17)18)10-5-3-2-4-6-10/h2-6,11H,7-9H2,1H3,(H2,19,21). The Kier molecular flexibility index (Phi) is 3.79. The number of hydrogen-bond acceptors (Lipinski definition) is 4. The molecule has 2 unspecified atom stereocenters. The molecule has 1 saturated heterocycles. The minimum atomic E-state index is -4.65. The SMILES string of the molecule is CC1(C2CSC(OC(N)=O)(c3ccccc3)N2C(F)(F)F)CC1. The molecule has 1 amide bonds. The van der Waals surface area contributed by atoms with Gasteiger partial charge in [-0.05, 0) is 18.3 Å². The number of nitrogens with two attached hydrogens (primary N) is 1. The smallest absolute Gasteiger partial charge is 0.413 e. The van der Waals surface area contributed by atoms with Gasteiger partial charge in [-0.3, -0.25) is 0 Å². The Balaban J connectivity index is 2.11. The third-order valence-corrected chi connectivity index (χ3v) is 5.95. The molecule has 1 saturated carbocycles. The van der Waals surface area contributed by atoms with Crippen LogP contribution in [-0.4, -0.2) is 29.1 Å². The molecule has 4 nitrogen and oxygen atoms in total. The van der Waals surface area contributed by atoms with Gasteiger partial charge in [0.15, 0.2) is 0 Å². The van der Waals surface area contributed by atoms with Gasteiger partial charge in [0.25, 0.3) is 0 Å². The van der Waals surface area contributed by atoms with Crippen LogP contribution in [0.3, 0.4) is 0 Å². The van der Waals surface area contributed by atoms with Crippen molar-refractivity contribution in [1.82, 2.24) is 4.90 Å². The number of thioether (sulfide) groups is 1. The summed E-state index contributed by atoms with van der Waals surface area (Å²) in [6.45, 7) is 1.84. The van der Waals surface area contributed by atoms with Crippen molar-refractivity contribution in [2.45, 2.75) is 37.2 Å². The van der Waals surface area contributed by atoms with E-state index in [0.29, 0.717) is 4.90 Å². The summed E-state index contributed by atoms with van der Waals surface area (Å²) in [7, 11) is 0. The summed E-state index contributed by atoms with van der Waals surface area (Å²) in [5, 5.41) is -1.97. The third-order valence-electron chi connectivity index (χ3n) is 4.56. The minimum Gasteiger partial charge on any atom is -0.413 e. The van der Waals surface area contributed by atoms with Crippen molar-refractivity contribution in [1.29, 1.82) is 0 Å². The van der Waals surface area contributed by atoms with E-state index in [1.165, 1.54) is 12.1 Å². The zero-order valence-electron chi connectivity index (χ0n) is 12.5. The van der Waals surface area contributed by atoms with Crippen molar-refractivity contribution in [2.75, 3.05) is 5.75 Å². The molecule has 126 valence electrons. The van der Waals surface area contributed by atoms with Crippen LogP contribution < -0.4 is 5.73 Å². The molecule has 2 fully saturated rings. The lowest BCUT2D eigenvalue weighted by atomic mass is 9.98. The topological polar surface area (TPSA) is 55.6 Å². The molecule has 0 spiro atoms. The highest BCUT2D eigenvalue weighted by atomic mass is 32.2. The Morgan fingerprint density at radius 2 is 1.96 bits per heavy atom. The van der Waals surface area contributed by atoms with Gasteiger partial charge in [-0.25, -0.2) is 4.79 Å². The van der Waals surface area contributed by atoms with Gasteiger partial charge >= 0.3 is 12.4 Å². The molecule has 1 aromatic carbocycles. The van der Waals surface area contributed by atoms with Crippen LogP contribution in [0.2, 0.25) is 0 Å². The van der Waals surface area contributed by atoms with Crippen LogP contribution in [0.5, 0.6) is 0 Å². The van der Waals surface area contributed by atoms with E-state index >= 15 is 0 Å². The van der Waals surface area contributed by atoms with E-state index < -0.39 is 28.9 Å². The van der Waals surface area contributed by atoms with Crippen molar-refractivity contribution < 1.29 is 22.7 Å². The third kappa shape index (κ3) is 2.78. The summed E-state index contributed by atoms with van der Waals surface area (Å²) >= 11 is 0.964. The highest BCUT2D eigenvalue weighted by Crippen LogP contribution is 2.62. The lowest BCUT2D eigenvalue weighted by Gasteiger charge is -2.41. The molecule has 0 bridgehead atoms. The predicted molar refractivity (Wildman–Crippen MR) is 80.3 cm³/mol. The number of benzene rings is 1. The molecular formula is C15H17F3N2O2S. The Bertz CT molecular complexity index is 606. The van der Waals surface area contributed by atoms with Crippen molar-refractivity contribution in [3.63, 3.8) is 0 Å². The van der Waals surface area contributed by atoms with Gasteiger partial charge < -0.3 is 10.5 Å². The van der Waals surface area contributed by atoms with Crippen LogP contribution in [0.1, 0.15) is 25.3 Å². The molecule has 0 aromatic heterocycles. The monoisotopic (exact) mass is 346 g/mol. The van der Waals surface area contributed by atoms with Gasteiger partial charge in [-0.15, -0.1) is 0 Å². The number of hydrogen-bond donors (Lipinski definition) is 1. The highest BCUT2D eigenvalue weighted by Gasteiger charge is 2.67. The van der Waals surface area contributed by atoms with Gasteiger partial charge in [-0.2, -0.15) is 18.1 Å². The van der Waals surface area contributed by atoms with E-state index in [1.807, 2.05) is 6.92 Å². The molecule has 1 aliphatic carbocycles. The number of ether oxygens (including phenoxy) is 1. The van der Waals surface area contributed by atoms with E-state index in [2.05, 4.69) is 0 Å². The Labute approximate surface area is 136 Å². The predicted octanol–water partition coefficient (Wildman–Crippen LogP) is 3.63. The van der Waals surface area contributed by atoms with Crippen LogP contribution in [0, 0.1) is 5.41 Å². The van der Waals surface area contributed by atoms with Crippen molar-refractivity contribution in [3.8, 4) is 0 Å². The molecule has 0 radical (unpaired) electrons. The average molecular weight is 346 g/mol. The fourth-order valence-electron chi connectivity index (χ4n) is 3.07. The lowest BCUT2D eigenvalue weighted by Crippen LogP contribution is -2.56. The summed E-state index contributed by atoms with van der Waals surface area (Å²) in [6, 6.07) is 7.20. The van der Waals surface area contributed by atoms with Crippen LogP contribution in [-0.2, 0) is 9.79 Å². The van der Waals surface area contributed by atoms with E-state index in [-0.39, 0.29) is 11.3 Å². The first-order valence-corrected chi connectivity index (χ1v) is 8.22. The van der Waals surface area contributed by atoms with Crippen LogP contribution in [0.25, 0.3) is 0 Å². The number of primary amides is 1. The zero-order valence-corrected chi connectivity index (χ0v) is 13.3. The first-order chi connectivity index (χ1) is 10.7. The summed E-state index contributed by atoms with van der Waals surface area (Å²) < 4.78 is 46.7. The molecular weight excluding hydrogens is 329 g/mol. The fourth-order valence-corrected chi connectivity index (χ4v) is 4.82. The minimum absolute atomic E-state index is 0.220. The Morgan fingerprint density at radius 3 is 2.43 bits per heavy atom. The summed E-state index contributed by atoms with van der Waals surface area (Å²) in [6.07, 6.45) is -4.42. The molecule has 1 aliphatic heterocycles. The average Bonchev–Trinajstić information content (AvgIpc) is 3.07. The van der Waals surface area contributed by atoms with Gasteiger partial charge in [0.05, 0.1) is 0 Å². The van der Waals surface area contributed by atoms with Crippen LogP contribution >= 0.6 is 11.8 Å². The molecule has 3 rings (SSSR count).